The Morgan fingerprint density at radius 2 is 1.94 bits per heavy atom. The van der Waals surface area contributed by atoms with Gasteiger partial charge >= 0.3 is 5.97 Å². The minimum absolute atomic E-state index is 0.0413. The molecule has 1 saturated heterocycles. The molecule has 0 unspecified atom stereocenters. The summed E-state index contributed by atoms with van der Waals surface area (Å²) in [5.41, 5.74) is 5.38. The second kappa shape index (κ2) is 4.62. The quantitative estimate of drug-likeness (QED) is 0.602. The van der Waals surface area contributed by atoms with Gasteiger partial charge in [0.15, 0.2) is 0 Å². The molecule has 17 heavy (non-hydrogen) atoms. The third kappa shape index (κ3) is 2.95. The first-order valence-electron chi connectivity index (χ1n) is 5.61. The fourth-order valence-corrected chi connectivity index (χ4v) is 1.84. The van der Waals surface area contributed by atoms with E-state index < -0.39 is 35.5 Å². The molecular formula is C11H20N2O4. The van der Waals surface area contributed by atoms with Gasteiger partial charge in [-0.15, -0.1) is 0 Å². The largest absolute Gasteiger partial charge is 0.480 e. The summed E-state index contributed by atoms with van der Waals surface area (Å²) in [6.45, 7) is 5.49. The number of hydrogen-bond acceptors (Lipinski definition) is 4. The molecule has 0 aromatic rings. The van der Waals surface area contributed by atoms with E-state index in [-0.39, 0.29) is 13.0 Å². The molecule has 6 heteroatoms. The molecule has 1 heterocycles. The van der Waals surface area contributed by atoms with Crippen molar-refractivity contribution in [1.82, 2.24) is 4.90 Å². The number of nitrogens with zero attached hydrogens (tertiary/aromatic N) is 1. The Balaban J connectivity index is 2.84. The number of nitrogens with two attached hydrogens (primary N) is 1. The first-order chi connectivity index (χ1) is 7.64. The molecule has 4 N–H and O–H groups in total. The fourth-order valence-electron chi connectivity index (χ4n) is 1.84. The van der Waals surface area contributed by atoms with Crippen LogP contribution in [0.2, 0.25) is 0 Å². The molecule has 0 bridgehead atoms. The standard InChI is InChI=1S/C11H20N2O4/c1-11(2,3)8(12)9(15)13-5-6(14)4-7(13)10(16)17/h6-8,14H,4-5,12H2,1-3H3,(H,16,17)/t6-,7-,8+/m1/s1. The zero-order valence-corrected chi connectivity index (χ0v) is 10.4. The van der Waals surface area contributed by atoms with E-state index in [2.05, 4.69) is 0 Å². The maximum absolute atomic E-state index is 12.1. The number of aliphatic hydroxyl groups excluding tert-OH is 1. The number of carboxylic acids is 1. The van der Waals surface area contributed by atoms with Crippen LogP contribution >= 0.6 is 0 Å². The van der Waals surface area contributed by atoms with Crippen molar-refractivity contribution in [2.75, 3.05) is 6.54 Å². The van der Waals surface area contributed by atoms with E-state index in [0.29, 0.717) is 0 Å². The molecule has 98 valence electrons. The number of β-amino-alcohol motifs (C(OH)–C–C–N with tert-alkyl or cyclic N) is 1. The van der Waals surface area contributed by atoms with Crippen LogP contribution in [0.3, 0.4) is 0 Å². The number of carboxylic acid groups (broad SMARTS) is 1. The van der Waals surface area contributed by atoms with Gasteiger partial charge < -0.3 is 20.8 Å². The first kappa shape index (κ1) is 13.9. The van der Waals surface area contributed by atoms with E-state index in [0.717, 1.165) is 0 Å². The van der Waals surface area contributed by atoms with Crippen LogP contribution in [-0.4, -0.2) is 51.7 Å². The van der Waals surface area contributed by atoms with Crippen molar-refractivity contribution in [1.29, 1.82) is 0 Å². The number of amides is 1. The second-order valence-electron chi connectivity index (χ2n) is 5.58. The minimum atomic E-state index is -1.10. The molecular weight excluding hydrogens is 224 g/mol. The highest BCUT2D eigenvalue weighted by atomic mass is 16.4. The van der Waals surface area contributed by atoms with Crippen LogP contribution < -0.4 is 5.73 Å². The predicted molar refractivity (Wildman–Crippen MR) is 61.2 cm³/mol. The first-order valence-corrected chi connectivity index (χ1v) is 5.61. The molecule has 0 radical (unpaired) electrons. The van der Waals surface area contributed by atoms with E-state index in [1.54, 1.807) is 0 Å². The maximum Gasteiger partial charge on any atom is 0.326 e. The minimum Gasteiger partial charge on any atom is -0.480 e. The maximum atomic E-state index is 12.1. The van der Waals surface area contributed by atoms with Crippen LogP contribution in [0, 0.1) is 5.41 Å². The van der Waals surface area contributed by atoms with Crippen molar-refractivity contribution in [3.8, 4) is 0 Å². The van der Waals surface area contributed by atoms with Crippen LogP contribution in [-0.2, 0) is 9.59 Å². The number of aliphatic carboxylic acids is 1. The van der Waals surface area contributed by atoms with E-state index in [4.69, 9.17) is 10.8 Å². The molecule has 1 aliphatic rings. The summed E-state index contributed by atoms with van der Waals surface area (Å²) in [5.74, 6) is -1.52. The van der Waals surface area contributed by atoms with Gasteiger partial charge in [0.2, 0.25) is 5.91 Å². The Kier molecular flexibility index (Phi) is 3.78. The van der Waals surface area contributed by atoms with Crippen LogP contribution in [0.15, 0.2) is 0 Å². The van der Waals surface area contributed by atoms with Gasteiger partial charge in [-0.2, -0.15) is 0 Å². The second-order valence-corrected chi connectivity index (χ2v) is 5.58. The van der Waals surface area contributed by atoms with Gasteiger partial charge in [-0.3, -0.25) is 4.79 Å². The Morgan fingerprint density at radius 1 is 1.41 bits per heavy atom. The SMILES string of the molecule is CC(C)(C)[C@@H](N)C(=O)N1C[C@H](O)C[C@@H]1C(=O)O. The Hall–Kier alpha value is -1.14. The van der Waals surface area contributed by atoms with E-state index in [1.165, 1.54) is 4.90 Å². The van der Waals surface area contributed by atoms with Crippen molar-refractivity contribution in [3.05, 3.63) is 0 Å². The lowest BCUT2D eigenvalue weighted by Crippen LogP contribution is -2.53. The van der Waals surface area contributed by atoms with Crippen molar-refractivity contribution in [2.45, 2.75) is 45.4 Å². The monoisotopic (exact) mass is 244 g/mol. The van der Waals surface area contributed by atoms with Crippen LogP contribution in [0.4, 0.5) is 0 Å². The van der Waals surface area contributed by atoms with Gasteiger partial charge in [-0.05, 0) is 5.41 Å². The average Bonchev–Trinajstić information content (AvgIpc) is 2.56. The van der Waals surface area contributed by atoms with Gasteiger partial charge in [0.25, 0.3) is 0 Å². The highest BCUT2D eigenvalue weighted by Gasteiger charge is 2.42. The summed E-state index contributed by atoms with van der Waals surface area (Å²) < 4.78 is 0. The predicted octanol–water partition coefficient (Wildman–Crippen LogP) is -0.594. The Bertz CT molecular complexity index is 324. The summed E-state index contributed by atoms with van der Waals surface area (Å²) >= 11 is 0. The molecule has 1 aliphatic heterocycles. The number of rotatable bonds is 2. The smallest absolute Gasteiger partial charge is 0.326 e. The third-order valence-corrected chi connectivity index (χ3v) is 3.05. The topological polar surface area (TPSA) is 104 Å². The van der Waals surface area contributed by atoms with Gasteiger partial charge in [0.05, 0.1) is 12.1 Å². The molecule has 0 saturated carbocycles. The number of aliphatic hydroxyl groups is 1. The number of carbonyl (C=O) groups is 2. The molecule has 1 fully saturated rings. The van der Waals surface area contributed by atoms with Crippen LogP contribution in [0.1, 0.15) is 27.2 Å². The van der Waals surface area contributed by atoms with Crippen molar-refractivity contribution < 1.29 is 19.8 Å². The summed E-state index contributed by atoms with van der Waals surface area (Å²) in [5, 5.41) is 18.4. The van der Waals surface area contributed by atoms with Gasteiger partial charge in [-0.1, -0.05) is 20.8 Å². The molecule has 1 amide bonds. The molecule has 0 spiro atoms. The van der Waals surface area contributed by atoms with Crippen molar-refractivity contribution in [3.63, 3.8) is 0 Å². The normalized spacial score (nSPS) is 27.0. The van der Waals surface area contributed by atoms with Gasteiger partial charge in [0.1, 0.15) is 6.04 Å². The number of carbonyl (C=O) groups excluding carboxylic acids is 1. The van der Waals surface area contributed by atoms with Crippen molar-refractivity contribution in [2.24, 2.45) is 11.1 Å². The van der Waals surface area contributed by atoms with E-state index in [9.17, 15) is 14.7 Å². The van der Waals surface area contributed by atoms with Crippen molar-refractivity contribution >= 4 is 11.9 Å². The van der Waals surface area contributed by atoms with Crippen LogP contribution in [0.25, 0.3) is 0 Å². The van der Waals surface area contributed by atoms with Gasteiger partial charge in [0, 0.05) is 13.0 Å². The lowest BCUT2D eigenvalue weighted by molar-refractivity contribution is -0.149. The number of likely N-dealkylation sites (tertiary alicyclic amines) is 1. The molecule has 3 atom stereocenters. The third-order valence-electron chi connectivity index (χ3n) is 3.05. The highest BCUT2D eigenvalue weighted by Crippen LogP contribution is 2.24. The number of hydrogen-bond donors (Lipinski definition) is 3. The van der Waals surface area contributed by atoms with Crippen LogP contribution in [0.5, 0.6) is 0 Å². The van der Waals surface area contributed by atoms with Gasteiger partial charge in [-0.25, -0.2) is 4.79 Å². The van der Waals surface area contributed by atoms with E-state index >= 15 is 0 Å². The Labute approximate surface area is 100 Å². The molecule has 0 aromatic heterocycles. The summed E-state index contributed by atoms with van der Waals surface area (Å²) in [6.07, 6.45) is -0.718. The average molecular weight is 244 g/mol. The lowest BCUT2D eigenvalue weighted by Gasteiger charge is -2.31. The molecule has 6 nitrogen and oxygen atoms in total. The molecule has 0 aromatic carbocycles. The van der Waals surface area contributed by atoms with E-state index in [1.807, 2.05) is 20.8 Å². The molecule has 0 aliphatic carbocycles. The fraction of sp³-hybridized carbons (Fsp3) is 0.818. The Morgan fingerprint density at radius 3 is 2.35 bits per heavy atom. The zero-order chi connectivity index (χ0) is 13.4. The lowest BCUT2D eigenvalue weighted by atomic mass is 9.86. The summed E-state index contributed by atoms with van der Waals surface area (Å²) in [6, 6.07) is -1.74. The summed E-state index contributed by atoms with van der Waals surface area (Å²) in [7, 11) is 0. The highest BCUT2D eigenvalue weighted by molar-refractivity contribution is 5.88. The molecule has 1 rings (SSSR count). The zero-order valence-electron chi connectivity index (χ0n) is 10.4. The summed E-state index contributed by atoms with van der Waals surface area (Å²) in [4.78, 5) is 24.2.